The first-order valence-electron chi connectivity index (χ1n) is 12.6. The molecule has 0 aromatic rings. The molecule has 3 aliphatic heterocycles. The van der Waals surface area contributed by atoms with Crippen molar-refractivity contribution in [2.24, 2.45) is 17.3 Å². The Morgan fingerprint density at radius 2 is 2.06 bits per heavy atom. The van der Waals surface area contributed by atoms with Crippen molar-refractivity contribution in [1.82, 2.24) is 31.7 Å². The smallest absolute Gasteiger partial charge is 0.237 e. The summed E-state index contributed by atoms with van der Waals surface area (Å²) >= 11 is 0. The Labute approximate surface area is 186 Å². The van der Waals surface area contributed by atoms with Crippen molar-refractivity contribution in [3.05, 3.63) is 0 Å². The fraction of sp³-hybridized carbons (Fsp3) is 0.957. The fourth-order valence-electron chi connectivity index (χ4n) is 6.50. The van der Waals surface area contributed by atoms with Gasteiger partial charge in [-0.3, -0.25) is 20.3 Å². The molecule has 1 amide bonds. The van der Waals surface area contributed by atoms with Crippen LogP contribution in [0, 0.1) is 17.3 Å². The Morgan fingerprint density at radius 3 is 2.77 bits per heavy atom. The molecule has 0 bridgehead atoms. The number of hydrogen-bond donors (Lipinski definition) is 5. The molecule has 8 nitrogen and oxygen atoms in total. The summed E-state index contributed by atoms with van der Waals surface area (Å²) < 4.78 is 5.95. The molecule has 5 N–H and O–H groups in total. The number of rotatable bonds is 6. The topological polar surface area (TPSA) is 89.7 Å². The van der Waals surface area contributed by atoms with Gasteiger partial charge < -0.3 is 10.1 Å². The Bertz CT molecular complexity index is 638. The number of carbonyl (C=O) groups excluding carboxylic acids is 1. The van der Waals surface area contributed by atoms with E-state index in [-0.39, 0.29) is 17.4 Å². The van der Waals surface area contributed by atoms with Crippen molar-refractivity contribution in [2.75, 3.05) is 26.9 Å². The molecule has 3 saturated heterocycles. The van der Waals surface area contributed by atoms with Crippen LogP contribution in [0.25, 0.3) is 0 Å². The van der Waals surface area contributed by atoms with E-state index in [4.69, 9.17) is 4.74 Å². The number of nitrogens with one attached hydrogen (secondary N) is 5. The lowest BCUT2D eigenvalue weighted by Gasteiger charge is -2.44. The summed E-state index contributed by atoms with van der Waals surface area (Å²) in [5.41, 5.74) is 6.94. The molecule has 6 unspecified atom stereocenters. The molecule has 5 aliphatic rings. The van der Waals surface area contributed by atoms with Crippen LogP contribution < -0.4 is 26.8 Å². The minimum Gasteiger partial charge on any atom is -0.381 e. The van der Waals surface area contributed by atoms with Crippen LogP contribution in [0.15, 0.2) is 0 Å². The van der Waals surface area contributed by atoms with Crippen LogP contribution >= 0.6 is 0 Å². The van der Waals surface area contributed by atoms with Gasteiger partial charge in [-0.05, 0) is 77.2 Å². The molecule has 5 rings (SSSR count). The van der Waals surface area contributed by atoms with Crippen molar-refractivity contribution in [3.63, 3.8) is 0 Å². The highest BCUT2D eigenvalue weighted by atomic mass is 16.5. The van der Waals surface area contributed by atoms with Gasteiger partial charge in [0.05, 0.1) is 31.6 Å². The lowest BCUT2D eigenvalue weighted by atomic mass is 9.65. The highest BCUT2D eigenvalue weighted by Gasteiger charge is 2.47. The predicted molar refractivity (Wildman–Crippen MR) is 120 cm³/mol. The second-order valence-corrected chi connectivity index (χ2v) is 11.0. The fourth-order valence-corrected chi connectivity index (χ4v) is 6.50. The van der Waals surface area contributed by atoms with Gasteiger partial charge >= 0.3 is 0 Å². The number of hydrogen-bond acceptors (Lipinski definition) is 7. The molecule has 2 saturated carbocycles. The van der Waals surface area contributed by atoms with Crippen LogP contribution in [-0.2, 0) is 9.53 Å². The summed E-state index contributed by atoms with van der Waals surface area (Å²) in [4.78, 5) is 15.5. The lowest BCUT2D eigenvalue weighted by Crippen LogP contribution is -2.63. The number of carbonyl (C=O) groups is 1. The van der Waals surface area contributed by atoms with Crippen LogP contribution in [0.5, 0.6) is 0 Å². The van der Waals surface area contributed by atoms with Crippen molar-refractivity contribution in [1.29, 1.82) is 0 Å². The quantitative estimate of drug-likeness (QED) is 0.424. The zero-order valence-electron chi connectivity index (χ0n) is 19.3. The van der Waals surface area contributed by atoms with Crippen LogP contribution in [0.4, 0.5) is 0 Å². The average Bonchev–Trinajstić information content (AvgIpc) is 3.38. The first-order valence-corrected chi connectivity index (χ1v) is 12.6. The minimum absolute atomic E-state index is 0.0617. The van der Waals surface area contributed by atoms with Crippen molar-refractivity contribution >= 4 is 5.91 Å². The van der Waals surface area contributed by atoms with E-state index >= 15 is 0 Å². The summed E-state index contributed by atoms with van der Waals surface area (Å²) in [6, 6.07) is 0.626. The van der Waals surface area contributed by atoms with Crippen LogP contribution in [0.3, 0.4) is 0 Å². The van der Waals surface area contributed by atoms with E-state index in [2.05, 4.69) is 45.7 Å². The Balaban J connectivity index is 1.19. The van der Waals surface area contributed by atoms with E-state index in [1.54, 1.807) is 0 Å². The number of amides is 1. The van der Waals surface area contributed by atoms with Crippen molar-refractivity contribution in [3.8, 4) is 0 Å². The van der Waals surface area contributed by atoms with Crippen molar-refractivity contribution in [2.45, 2.75) is 95.2 Å². The molecule has 176 valence electrons. The van der Waals surface area contributed by atoms with Crippen LogP contribution in [-0.4, -0.2) is 68.2 Å². The zero-order valence-corrected chi connectivity index (χ0v) is 19.3. The molecule has 0 spiro atoms. The molecular formula is C23H42N6O2. The highest BCUT2D eigenvalue weighted by molar-refractivity contribution is 5.82. The van der Waals surface area contributed by atoms with Gasteiger partial charge in [0, 0.05) is 24.1 Å². The SMILES string of the molecule is CC1CC(C(=O)NC2CCCC([C@@]3(CC4NNCN4C)CCOC3)C2)NC(C2CC2)N1. The maximum Gasteiger partial charge on any atom is 0.237 e. The first kappa shape index (κ1) is 22.0. The summed E-state index contributed by atoms with van der Waals surface area (Å²) in [5.74, 6) is 1.53. The van der Waals surface area contributed by atoms with Crippen molar-refractivity contribution < 1.29 is 9.53 Å². The van der Waals surface area contributed by atoms with Gasteiger partial charge in [-0.25, -0.2) is 10.9 Å². The van der Waals surface area contributed by atoms with E-state index < -0.39 is 0 Å². The highest BCUT2D eigenvalue weighted by Crippen LogP contribution is 2.47. The molecule has 5 fully saturated rings. The Kier molecular flexibility index (Phi) is 6.57. The molecular weight excluding hydrogens is 392 g/mol. The second kappa shape index (κ2) is 9.23. The summed E-state index contributed by atoms with van der Waals surface area (Å²) in [7, 11) is 2.17. The molecule has 3 heterocycles. The first-order chi connectivity index (χ1) is 15.0. The molecule has 0 radical (unpaired) electrons. The molecule has 2 aliphatic carbocycles. The van der Waals surface area contributed by atoms with Gasteiger partial charge in [0.15, 0.2) is 0 Å². The summed E-state index contributed by atoms with van der Waals surface area (Å²) in [5, 5.41) is 10.7. The predicted octanol–water partition coefficient (Wildman–Crippen LogP) is 0.858. The number of ether oxygens (including phenoxy) is 1. The third-order valence-electron chi connectivity index (χ3n) is 8.59. The largest absolute Gasteiger partial charge is 0.381 e. The third-order valence-corrected chi connectivity index (χ3v) is 8.59. The summed E-state index contributed by atoms with van der Waals surface area (Å²) in [6.45, 7) is 4.83. The third kappa shape index (κ3) is 4.94. The van der Waals surface area contributed by atoms with E-state index in [1.165, 1.54) is 25.7 Å². The maximum absolute atomic E-state index is 13.2. The molecule has 8 heteroatoms. The second-order valence-electron chi connectivity index (χ2n) is 11.0. The lowest BCUT2D eigenvalue weighted by molar-refractivity contribution is -0.125. The van der Waals surface area contributed by atoms with Gasteiger partial charge in [0.2, 0.25) is 5.91 Å². The van der Waals surface area contributed by atoms with Crippen LogP contribution in [0.1, 0.15) is 64.7 Å². The van der Waals surface area contributed by atoms with E-state index in [0.29, 0.717) is 36.3 Å². The van der Waals surface area contributed by atoms with E-state index in [1.807, 2.05) is 0 Å². The normalized spacial score (nSPS) is 44.5. The van der Waals surface area contributed by atoms with Gasteiger partial charge in [0.25, 0.3) is 0 Å². The van der Waals surface area contributed by atoms with Gasteiger partial charge in [-0.15, -0.1) is 0 Å². The Morgan fingerprint density at radius 1 is 1.19 bits per heavy atom. The Hall–Kier alpha value is -0.770. The standard InChI is InChI=1S/C23H42N6O2/c1-15-10-19(27-21(25-15)16-6-7-16)22(30)26-18-5-3-4-17(11-18)23(8-9-31-13-23)12-20-28-24-14-29(20)2/h15-21,24-25,27-28H,3-14H2,1-2H3,(H,26,30)/t15?,17?,18?,19?,20?,21?,23-/m1/s1. The van der Waals surface area contributed by atoms with Crippen LogP contribution in [0.2, 0.25) is 0 Å². The molecule has 0 aromatic heterocycles. The molecule has 7 atom stereocenters. The maximum atomic E-state index is 13.2. The van der Waals surface area contributed by atoms with Gasteiger partial charge in [0.1, 0.15) is 0 Å². The monoisotopic (exact) mass is 434 g/mol. The number of hydrazine groups is 1. The minimum atomic E-state index is -0.0617. The summed E-state index contributed by atoms with van der Waals surface area (Å²) in [6.07, 6.45) is 11.0. The van der Waals surface area contributed by atoms with E-state index in [9.17, 15) is 4.79 Å². The van der Waals surface area contributed by atoms with Gasteiger partial charge in [-0.2, -0.15) is 0 Å². The number of nitrogens with zero attached hydrogens (tertiary/aromatic N) is 1. The van der Waals surface area contributed by atoms with Gasteiger partial charge in [-0.1, -0.05) is 6.42 Å². The zero-order chi connectivity index (χ0) is 21.4. The van der Waals surface area contributed by atoms with E-state index in [0.717, 1.165) is 52.0 Å². The molecule has 31 heavy (non-hydrogen) atoms. The average molecular weight is 435 g/mol. The molecule has 0 aromatic carbocycles.